The van der Waals surface area contributed by atoms with Gasteiger partial charge < -0.3 is 4.90 Å². The molecule has 0 saturated heterocycles. The summed E-state index contributed by atoms with van der Waals surface area (Å²) in [7, 11) is 1.79. The highest BCUT2D eigenvalue weighted by atomic mass is 19.1. The summed E-state index contributed by atoms with van der Waals surface area (Å²) in [6.07, 6.45) is 2.10. The fraction of sp³-hybridized carbons (Fsp3) is 0.562. The van der Waals surface area contributed by atoms with Crippen molar-refractivity contribution in [2.75, 3.05) is 26.7 Å². The maximum Gasteiger partial charge on any atom is 0.236 e. The molecule has 4 heteroatoms. The van der Waals surface area contributed by atoms with Crippen LogP contribution >= 0.6 is 0 Å². The number of likely N-dealkylation sites (N-methyl/N-ethyl adjacent to an activating group) is 1. The van der Waals surface area contributed by atoms with Gasteiger partial charge in [-0.2, -0.15) is 0 Å². The van der Waals surface area contributed by atoms with Crippen LogP contribution in [-0.4, -0.2) is 42.4 Å². The van der Waals surface area contributed by atoms with Crippen LogP contribution in [0, 0.1) is 5.82 Å². The molecule has 0 aromatic heterocycles. The molecule has 1 rings (SSSR count). The van der Waals surface area contributed by atoms with E-state index in [1.54, 1.807) is 24.1 Å². The fourth-order valence-electron chi connectivity index (χ4n) is 2.17. The lowest BCUT2D eigenvalue weighted by Gasteiger charge is -2.24. The lowest BCUT2D eigenvalue weighted by Crippen LogP contribution is -2.38. The minimum Gasteiger partial charge on any atom is -0.340 e. The number of benzene rings is 1. The van der Waals surface area contributed by atoms with Crippen molar-refractivity contribution in [3.8, 4) is 0 Å². The predicted octanol–water partition coefficient (Wildman–Crippen LogP) is 2.91. The zero-order valence-corrected chi connectivity index (χ0v) is 12.7. The van der Waals surface area contributed by atoms with Gasteiger partial charge in [-0.05, 0) is 43.6 Å². The molecule has 0 heterocycles. The third-order valence-corrected chi connectivity index (χ3v) is 3.20. The Kier molecular flexibility index (Phi) is 7.23. The van der Waals surface area contributed by atoms with Gasteiger partial charge in [0.05, 0.1) is 6.54 Å². The second-order valence-electron chi connectivity index (χ2n) is 5.15. The largest absolute Gasteiger partial charge is 0.340 e. The maximum absolute atomic E-state index is 12.8. The Labute approximate surface area is 121 Å². The van der Waals surface area contributed by atoms with Gasteiger partial charge in [0.25, 0.3) is 0 Å². The van der Waals surface area contributed by atoms with Gasteiger partial charge in [-0.1, -0.05) is 26.0 Å². The van der Waals surface area contributed by atoms with E-state index in [4.69, 9.17) is 0 Å². The van der Waals surface area contributed by atoms with Gasteiger partial charge in [-0.3, -0.25) is 9.69 Å². The third-order valence-electron chi connectivity index (χ3n) is 3.20. The molecule has 1 aromatic rings. The van der Waals surface area contributed by atoms with Crippen molar-refractivity contribution in [3.63, 3.8) is 0 Å². The van der Waals surface area contributed by atoms with Crippen molar-refractivity contribution in [2.24, 2.45) is 0 Å². The highest BCUT2D eigenvalue weighted by molar-refractivity contribution is 5.78. The van der Waals surface area contributed by atoms with Gasteiger partial charge in [0.1, 0.15) is 5.82 Å². The van der Waals surface area contributed by atoms with E-state index in [-0.39, 0.29) is 11.7 Å². The molecule has 0 saturated carbocycles. The molecule has 0 aliphatic rings. The van der Waals surface area contributed by atoms with Gasteiger partial charge in [0.15, 0.2) is 0 Å². The van der Waals surface area contributed by atoms with Gasteiger partial charge in [0.2, 0.25) is 5.91 Å². The van der Waals surface area contributed by atoms with Crippen LogP contribution in [0.2, 0.25) is 0 Å². The number of nitrogens with zero attached hydrogens (tertiary/aromatic N) is 2. The topological polar surface area (TPSA) is 23.6 Å². The minimum atomic E-state index is -0.250. The summed E-state index contributed by atoms with van der Waals surface area (Å²) in [5.74, 6) is -0.143. The van der Waals surface area contributed by atoms with Gasteiger partial charge in [0, 0.05) is 13.6 Å². The molecule has 0 atom stereocenters. The van der Waals surface area contributed by atoms with Crippen LogP contribution in [0.3, 0.4) is 0 Å². The Morgan fingerprint density at radius 3 is 2.15 bits per heavy atom. The van der Waals surface area contributed by atoms with Crippen molar-refractivity contribution in [1.82, 2.24) is 9.80 Å². The summed E-state index contributed by atoms with van der Waals surface area (Å²) in [6, 6.07) is 6.28. The average Bonchev–Trinajstić information content (AvgIpc) is 2.42. The Bertz CT molecular complexity index is 399. The van der Waals surface area contributed by atoms with Crippen LogP contribution in [-0.2, 0) is 11.3 Å². The summed E-state index contributed by atoms with van der Waals surface area (Å²) in [6.45, 7) is 7.11. The zero-order chi connectivity index (χ0) is 15.0. The average molecular weight is 280 g/mol. The van der Waals surface area contributed by atoms with Crippen molar-refractivity contribution in [2.45, 2.75) is 33.2 Å². The highest BCUT2D eigenvalue weighted by Crippen LogP contribution is 2.06. The molecule has 0 fully saturated rings. The molecule has 1 aromatic carbocycles. The Balaban J connectivity index is 2.50. The minimum absolute atomic E-state index is 0.108. The Hall–Kier alpha value is -1.42. The summed E-state index contributed by atoms with van der Waals surface area (Å²) >= 11 is 0. The number of amides is 1. The number of carbonyl (C=O) groups is 1. The molecular weight excluding hydrogens is 255 g/mol. The maximum atomic E-state index is 12.8. The molecule has 0 N–H and O–H groups in total. The number of hydrogen-bond acceptors (Lipinski definition) is 2. The summed E-state index contributed by atoms with van der Waals surface area (Å²) in [4.78, 5) is 16.1. The highest BCUT2D eigenvalue weighted by Gasteiger charge is 2.13. The molecule has 20 heavy (non-hydrogen) atoms. The van der Waals surface area contributed by atoms with Crippen molar-refractivity contribution in [1.29, 1.82) is 0 Å². The van der Waals surface area contributed by atoms with E-state index >= 15 is 0 Å². The predicted molar refractivity (Wildman–Crippen MR) is 79.9 cm³/mol. The molecule has 0 aliphatic heterocycles. The van der Waals surface area contributed by atoms with Crippen LogP contribution in [0.15, 0.2) is 24.3 Å². The van der Waals surface area contributed by atoms with Crippen LogP contribution in [0.25, 0.3) is 0 Å². The molecule has 3 nitrogen and oxygen atoms in total. The van der Waals surface area contributed by atoms with E-state index in [1.165, 1.54) is 12.1 Å². The molecule has 0 bridgehead atoms. The SMILES string of the molecule is CCCN(CCC)CC(=O)N(C)Cc1ccc(F)cc1. The van der Waals surface area contributed by atoms with Gasteiger partial charge in [-0.15, -0.1) is 0 Å². The quantitative estimate of drug-likeness (QED) is 0.731. The van der Waals surface area contributed by atoms with Crippen molar-refractivity contribution >= 4 is 5.91 Å². The molecule has 0 unspecified atom stereocenters. The second kappa shape index (κ2) is 8.69. The number of carbonyl (C=O) groups excluding carboxylic acids is 1. The Morgan fingerprint density at radius 1 is 1.10 bits per heavy atom. The smallest absolute Gasteiger partial charge is 0.236 e. The molecule has 1 amide bonds. The second-order valence-corrected chi connectivity index (χ2v) is 5.15. The van der Waals surface area contributed by atoms with E-state index in [9.17, 15) is 9.18 Å². The van der Waals surface area contributed by atoms with E-state index < -0.39 is 0 Å². The fourth-order valence-corrected chi connectivity index (χ4v) is 2.17. The number of hydrogen-bond donors (Lipinski definition) is 0. The van der Waals surface area contributed by atoms with Gasteiger partial charge >= 0.3 is 0 Å². The van der Waals surface area contributed by atoms with E-state index in [0.717, 1.165) is 31.5 Å². The Morgan fingerprint density at radius 2 is 1.65 bits per heavy atom. The molecule has 0 spiro atoms. The number of halogens is 1. The third kappa shape index (κ3) is 5.70. The summed E-state index contributed by atoms with van der Waals surface area (Å²) in [5, 5.41) is 0. The monoisotopic (exact) mass is 280 g/mol. The normalized spacial score (nSPS) is 10.8. The first-order valence-corrected chi connectivity index (χ1v) is 7.27. The van der Waals surface area contributed by atoms with Crippen LogP contribution < -0.4 is 0 Å². The molecule has 0 radical (unpaired) electrons. The van der Waals surface area contributed by atoms with Crippen LogP contribution in [0.5, 0.6) is 0 Å². The standard InChI is InChI=1S/C16H25FN2O/c1-4-10-19(11-5-2)13-16(20)18(3)12-14-6-8-15(17)9-7-14/h6-9H,4-5,10-13H2,1-3H3. The van der Waals surface area contributed by atoms with E-state index in [0.29, 0.717) is 13.1 Å². The van der Waals surface area contributed by atoms with Crippen molar-refractivity contribution < 1.29 is 9.18 Å². The lowest BCUT2D eigenvalue weighted by atomic mass is 10.2. The molecular formula is C16H25FN2O. The van der Waals surface area contributed by atoms with E-state index in [1.807, 2.05) is 0 Å². The van der Waals surface area contributed by atoms with Crippen LogP contribution in [0.4, 0.5) is 4.39 Å². The van der Waals surface area contributed by atoms with Crippen molar-refractivity contribution in [3.05, 3.63) is 35.6 Å². The lowest BCUT2D eigenvalue weighted by molar-refractivity contribution is -0.131. The zero-order valence-electron chi connectivity index (χ0n) is 12.7. The first-order valence-electron chi connectivity index (χ1n) is 7.27. The summed E-state index contributed by atoms with van der Waals surface area (Å²) in [5.41, 5.74) is 0.944. The first kappa shape index (κ1) is 16.6. The molecule has 112 valence electrons. The molecule has 0 aliphatic carbocycles. The van der Waals surface area contributed by atoms with E-state index in [2.05, 4.69) is 18.7 Å². The number of rotatable bonds is 8. The first-order chi connectivity index (χ1) is 9.56. The summed E-state index contributed by atoms with van der Waals surface area (Å²) < 4.78 is 12.8. The van der Waals surface area contributed by atoms with Gasteiger partial charge in [-0.25, -0.2) is 4.39 Å². The van der Waals surface area contributed by atoms with Crippen LogP contribution in [0.1, 0.15) is 32.3 Å².